The van der Waals surface area contributed by atoms with E-state index in [2.05, 4.69) is 15.9 Å². The highest BCUT2D eigenvalue weighted by Gasteiger charge is 2.27. The summed E-state index contributed by atoms with van der Waals surface area (Å²) in [6, 6.07) is 4.96. The van der Waals surface area contributed by atoms with Crippen molar-refractivity contribution in [3.63, 3.8) is 0 Å². The van der Waals surface area contributed by atoms with Crippen LogP contribution in [0.3, 0.4) is 0 Å². The lowest BCUT2D eigenvalue weighted by atomic mass is 10.2. The largest absolute Gasteiger partial charge is 0.480 e. The summed E-state index contributed by atoms with van der Waals surface area (Å²) in [6.07, 6.45) is -0.198. The molecule has 8 nitrogen and oxygen atoms in total. The fourth-order valence-electron chi connectivity index (χ4n) is 2.60. The number of carboxylic acids is 1. The van der Waals surface area contributed by atoms with E-state index in [4.69, 9.17) is 9.84 Å². The lowest BCUT2D eigenvalue weighted by Gasteiger charge is -2.35. The van der Waals surface area contributed by atoms with Crippen LogP contribution in [0.15, 0.2) is 22.7 Å². The summed E-state index contributed by atoms with van der Waals surface area (Å²) in [5, 5.41) is 20.0. The Morgan fingerprint density at radius 1 is 1.61 bits per heavy atom. The number of carboxylic acid groups (broad SMARTS) is 1. The van der Waals surface area contributed by atoms with Crippen LogP contribution in [0.2, 0.25) is 0 Å². The van der Waals surface area contributed by atoms with E-state index >= 15 is 0 Å². The third kappa shape index (κ3) is 4.88. The van der Waals surface area contributed by atoms with Gasteiger partial charge < -0.3 is 14.7 Å². The molecule has 0 aromatic heterocycles. The van der Waals surface area contributed by atoms with Crippen LogP contribution in [0.25, 0.3) is 0 Å². The number of likely N-dealkylation sites (N-methyl/N-ethyl adjacent to an activating group) is 1. The number of carbonyl (C=O) groups is 1. The predicted molar refractivity (Wildman–Crippen MR) is 87.9 cm³/mol. The Balaban J connectivity index is 2.09. The molecule has 0 radical (unpaired) electrons. The Kier molecular flexibility index (Phi) is 5.91. The van der Waals surface area contributed by atoms with Crippen LogP contribution in [0.4, 0.5) is 11.4 Å². The molecule has 0 saturated carbocycles. The van der Waals surface area contributed by atoms with Gasteiger partial charge in [0.05, 0.1) is 24.2 Å². The number of morpholine rings is 1. The monoisotopic (exact) mass is 387 g/mol. The zero-order valence-electron chi connectivity index (χ0n) is 12.6. The maximum Gasteiger partial charge on any atom is 0.317 e. The lowest BCUT2D eigenvalue weighted by Crippen LogP contribution is -2.47. The molecule has 1 aliphatic heterocycles. The Labute approximate surface area is 141 Å². The summed E-state index contributed by atoms with van der Waals surface area (Å²) < 4.78 is 6.30. The fourth-order valence-corrected chi connectivity index (χ4v) is 2.95. The van der Waals surface area contributed by atoms with Gasteiger partial charge in [0.25, 0.3) is 5.69 Å². The topological polar surface area (TPSA) is 96.2 Å². The molecule has 1 N–H and O–H groups in total. The van der Waals surface area contributed by atoms with E-state index in [1.807, 2.05) is 4.90 Å². The van der Waals surface area contributed by atoms with Gasteiger partial charge in [-0.25, -0.2) is 0 Å². The SMILES string of the molecule is CN(CC(=O)O)CC1CN(c2ccc(Br)cc2[N+](=O)[O-])CCO1. The average molecular weight is 388 g/mol. The molecule has 1 atom stereocenters. The number of hydrogen-bond donors (Lipinski definition) is 1. The number of rotatable bonds is 6. The van der Waals surface area contributed by atoms with Crippen LogP contribution >= 0.6 is 15.9 Å². The molecule has 1 heterocycles. The van der Waals surface area contributed by atoms with Gasteiger partial charge in [-0.3, -0.25) is 19.8 Å². The maximum absolute atomic E-state index is 11.3. The van der Waals surface area contributed by atoms with Crippen LogP contribution in [-0.2, 0) is 9.53 Å². The molecule has 2 rings (SSSR count). The van der Waals surface area contributed by atoms with Gasteiger partial charge in [-0.1, -0.05) is 15.9 Å². The van der Waals surface area contributed by atoms with Gasteiger partial charge >= 0.3 is 5.97 Å². The van der Waals surface area contributed by atoms with Crippen molar-refractivity contribution in [1.29, 1.82) is 0 Å². The van der Waals surface area contributed by atoms with E-state index in [0.29, 0.717) is 36.4 Å². The molecular formula is C14H18BrN3O5. The second kappa shape index (κ2) is 7.71. The highest BCUT2D eigenvalue weighted by Crippen LogP contribution is 2.32. The van der Waals surface area contributed by atoms with E-state index in [1.165, 1.54) is 6.07 Å². The number of nitrogens with zero attached hydrogens (tertiary/aromatic N) is 3. The van der Waals surface area contributed by atoms with Crippen LogP contribution < -0.4 is 4.90 Å². The normalized spacial score (nSPS) is 18.2. The summed E-state index contributed by atoms with van der Waals surface area (Å²) in [6.45, 7) is 1.86. The molecule has 0 aliphatic carbocycles. The van der Waals surface area contributed by atoms with Crippen molar-refractivity contribution >= 4 is 33.3 Å². The molecule has 0 spiro atoms. The molecule has 23 heavy (non-hydrogen) atoms. The summed E-state index contributed by atoms with van der Waals surface area (Å²) in [5.41, 5.74) is 0.589. The van der Waals surface area contributed by atoms with Gasteiger partial charge in [-0.2, -0.15) is 0 Å². The summed E-state index contributed by atoms with van der Waals surface area (Å²) in [7, 11) is 1.71. The van der Waals surface area contributed by atoms with Crippen molar-refractivity contribution in [1.82, 2.24) is 4.90 Å². The average Bonchev–Trinajstić information content (AvgIpc) is 2.46. The number of anilines is 1. The van der Waals surface area contributed by atoms with Crippen molar-refractivity contribution in [2.24, 2.45) is 0 Å². The van der Waals surface area contributed by atoms with Crippen LogP contribution in [-0.4, -0.2) is 66.8 Å². The molecule has 1 aliphatic rings. The van der Waals surface area contributed by atoms with Gasteiger partial charge in [0.2, 0.25) is 0 Å². The van der Waals surface area contributed by atoms with Crippen molar-refractivity contribution in [2.45, 2.75) is 6.10 Å². The second-order valence-electron chi connectivity index (χ2n) is 5.42. The fraction of sp³-hybridized carbons (Fsp3) is 0.500. The van der Waals surface area contributed by atoms with Gasteiger partial charge in [-0.05, 0) is 19.2 Å². The minimum absolute atomic E-state index is 0.0407. The number of benzene rings is 1. The third-order valence-corrected chi connectivity index (χ3v) is 4.03. The summed E-state index contributed by atoms with van der Waals surface area (Å²) in [4.78, 5) is 25.1. The molecule has 1 saturated heterocycles. The van der Waals surface area contributed by atoms with E-state index in [9.17, 15) is 14.9 Å². The highest BCUT2D eigenvalue weighted by atomic mass is 79.9. The van der Waals surface area contributed by atoms with Crippen molar-refractivity contribution < 1.29 is 19.6 Å². The smallest absolute Gasteiger partial charge is 0.317 e. The third-order valence-electron chi connectivity index (χ3n) is 3.53. The van der Waals surface area contributed by atoms with Crippen LogP contribution in [0.1, 0.15) is 0 Å². The molecule has 9 heteroatoms. The standard InChI is InChI=1S/C14H18BrN3O5/c1-16(9-14(19)20)7-11-8-17(4-5-23-11)12-3-2-10(15)6-13(12)18(21)22/h2-3,6,11H,4-5,7-9H2,1H3,(H,19,20). The van der Waals surface area contributed by atoms with Gasteiger partial charge in [-0.15, -0.1) is 0 Å². The molecule has 1 aromatic carbocycles. The van der Waals surface area contributed by atoms with Gasteiger partial charge in [0.15, 0.2) is 0 Å². The zero-order chi connectivity index (χ0) is 17.0. The molecule has 1 aromatic rings. The number of nitro benzene ring substituents is 1. The first kappa shape index (κ1) is 17.6. The summed E-state index contributed by atoms with van der Waals surface area (Å²) in [5.74, 6) is -0.899. The van der Waals surface area contributed by atoms with Crippen molar-refractivity contribution in [2.75, 3.05) is 44.7 Å². The minimum atomic E-state index is -0.899. The lowest BCUT2D eigenvalue weighted by molar-refractivity contribution is -0.384. The van der Waals surface area contributed by atoms with E-state index < -0.39 is 10.9 Å². The molecular weight excluding hydrogens is 370 g/mol. The maximum atomic E-state index is 11.3. The molecule has 0 bridgehead atoms. The number of hydrogen-bond acceptors (Lipinski definition) is 6. The number of nitro groups is 1. The van der Waals surface area contributed by atoms with Gasteiger partial charge in [0, 0.05) is 30.2 Å². The van der Waals surface area contributed by atoms with Gasteiger partial charge in [0.1, 0.15) is 5.69 Å². The number of ether oxygens (including phenoxy) is 1. The first-order chi connectivity index (χ1) is 10.9. The van der Waals surface area contributed by atoms with Crippen LogP contribution in [0, 0.1) is 10.1 Å². The molecule has 126 valence electrons. The molecule has 0 amide bonds. The quantitative estimate of drug-likeness (QED) is 0.584. The van der Waals surface area contributed by atoms with E-state index in [1.54, 1.807) is 24.1 Å². The van der Waals surface area contributed by atoms with E-state index in [-0.39, 0.29) is 18.3 Å². The Hall–Kier alpha value is -1.71. The number of halogens is 1. The minimum Gasteiger partial charge on any atom is -0.480 e. The highest BCUT2D eigenvalue weighted by molar-refractivity contribution is 9.10. The molecule has 1 unspecified atom stereocenters. The molecule has 1 fully saturated rings. The van der Waals surface area contributed by atoms with Crippen molar-refractivity contribution in [3.05, 3.63) is 32.8 Å². The Bertz CT molecular complexity index is 598. The van der Waals surface area contributed by atoms with Crippen molar-refractivity contribution in [3.8, 4) is 0 Å². The Morgan fingerprint density at radius 2 is 2.35 bits per heavy atom. The first-order valence-electron chi connectivity index (χ1n) is 7.07. The number of aliphatic carboxylic acids is 1. The predicted octanol–water partition coefficient (Wildman–Crippen LogP) is 1.58. The van der Waals surface area contributed by atoms with E-state index in [0.717, 1.165) is 0 Å². The first-order valence-corrected chi connectivity index (χ1v) is 7.87. The van der Waals surface area contributed by atoms with Crippen LogP contribution in [0.5, 0.6) is 0 Å². The summed E-state index contributed by atoms with van der Waals surface area (Å²) >= 11 is 3.25. The second-order valence-corrected chi connectivity index (χ2v) is 6.34. The Morgan fingerprint density at radius 3 is 3.00 bits per heavy atom. The zero-order valence-corrected chi connectivity index (χ0v) is 14.2.